The molecule has 29 heavy (non-hydrogen) atoms. The molecule has 1 aliphatic carbocycles. The van der Waals surface area contributed by atoms with Crippen molar-refractivity contribution in [2.75, 3.05) is 6.61 Å². The van der Waals surface area contributed by atoms with Crippen LogP contribution in [-0.2, 0) is 28.9 Å². The average Bonchev–Trinajstić information content (AvgIpc) is 3.28. The lowest BCUT2D eigenvalue weighted by atomic mass is 9.80. The molecule has 0 aliphatic heterocycles. The number of hydrogen-bond acceptors (Lipinski definition) is 3. The van der Waals surface area contributed by atoms with Gasteiger partial charge >= 0.3 is 5.97 Å². The highest BCUT2D eigenvalue weighted by Crippen LogP contribution is 2.40. The summed E-state index contributed by atoms with van der Waals surface area (Å²) in [5.41, 5.74) is 3.01. The van der Waals surface area contributed by atoms with Crippen LogP contribution in [0.4, 0.5) is 0 Å². The molecule has 1 amide bonds. The molecule has 0 radical (unpaired) electrons. The van der Waals surface area contributed by atoms with Crippen LogP contribution in [0, 0.1) is 5.41 Å². The van der Waals surface area contributed by atoms with Gasteiger partial charge in [-0.3, -0.25) is 9.59 Å². The molecule has 0 spiro atoms. The molecule has 0 fully saturated rings. The zero-order valence-corrected chi connectivity index (χ0v) is 16.0. The fraction of sp³-hybridized carbons (Fsp3) is 0.304. The molecule has 6 heteroatoms. The standard InChI is InChI=1S/C23H24N2O4/c26-14-18(9-17-13-24-20-8-4-3-7-19(17)20)25-22(29)23(12-21(27)28)10-15-5-1-2-6-16(15)11-23/h1-8,13,18,24,26H,9-12,14H2,(H,25,29)(H,27,28). The highest BCUT2D eigenvalue weighted by molar-refractivity contribution is 5.89. The average molecular weight is 392 g/mol. The van der Waals surface area contributed by atoms with Crippen molar-refractivity contribution in [3.05, 3.63) is 71.4 Å². The molecule has 1 heterocycles. The second-order valence-corrected chi connectivity index (χ2v) is 7.89. The molecule has 6 nitrogen and oxygen atoms in total. The van der Waals surface area contributed by atoms with Gasteiger partial charge in [-0.25, -0.2) is 0 Å². The Balaban J connectivity index is 1.54. The molecule has 4 rings (SSSR count). The molecule has 1 aliphatic rings. The summed E-state index contributed by atoms with van der Waals surface area (Å²) in [6.07, 6.45) is 2.90. The number of carbonyl (C=O) groups is 2. The summed E-state index contributed by atoms with van der Waals surface area (Å²) in [5, 5.41) is 23.3. The van der Waals surface area contributed by atoms with Crippen molar-refractivity contribution in [2.24, 2.45) is 5.41 Å². The lowest BCUT2D eigenvalue weighted by Gasteiger charge is -2.28. The number of carboxylic acid groups (broad SMARTS) is 1. The molecule has 2 aromatic carbocycles. The number of aliphatic hydroxyl groups excluding tert-OH is 1. The third kappa shape index (κ3) is 3.76. The molecular weight excluding hydrogens is 368 g/mol. The van der Waals surface area contributed by atoms with Gasteiger partial charge in [0.05, 0.1) is 24.5 Å². The van der Waals surface area contributed by atoms with Crippen molar-refractivity contribution in [3.8, 4) is 0 Å². The van der Waals surface area contributed by atoms with Crippen LogP contribution < -0.4 is 5.32 Å². The predicted molar refractivity (Wildman–Crippen MR) is 110 cm³/mol. The van der Waals surface area contributed by atoms with Crippen LogP contribution in [0.5, 0.6) is 0 Å². The second-order valence-electron chi connectivity index (χ2n) is 7.89. The minimum Gasteiger partial charge on any atom is -0.481 e. The monoisotopic (exact) mass is 392 g/mol. The molecule has 1 aromatic heterocycles. The number of carbonyl (C=O) groups excluding carboxylic acids is 1. The number of aromatic amines is 1. The number of carboxylic acids is 1. The van der Waals surface area contributed by atoms with Gasteiger partial charge < -0.3 is 20.5 Å². The van der Waals surface area contributed by atoms with E-state index in [-0.39, 0.29) is 18.9 Å². The van der Waals surface area contributed by atoms with E-state index in [1.54, 1.807) is 0 Å². The predicted octanol–water partition coefficient (Wildman–Crippen LogP) is 2.45. The Morgan fingerprint density at radius 2 is 1.72 bits per heavy atom. The first-order valence-corrected chi connectivity index (χ1v) is 9.76. The maximum absolute atomic E-state index is 13.2. The van der Waals surface area contributed by atoms with E-state index in [9.17, 15) is 19.8 Å². The summed E-state index contributed by atoms with van der Waals surface area (Å²) < 4.78 is 0. The first-order valence-electron chi connectivity index (χ1n) is 9.76. The first kappa shape index (κ1) is 19.2. The van der Waals surface area contributed by atoms with Crippen molar-refractivity contribution in [3.63, 3.8) is 0 Å². The topological polar surface area (TPSA) is 102 Å². The zero-order valence-electron chi connectivity index (χ0n) is 16.0. The summed E-state index contributed by atoms with van der Waals surface area (Å²) in [6.45, 7) is -0.221. The smallest absolute Gasteiger partial charge is 0.304 e. The minimum atomic E-state index is -1.02. The van der Waals surface area contributed by atoms with Gasteiger partial charge in [-0.05, 0) is 42.0 Å². The number of para-hydroxylation sites is 1. The molecule has 3 aromatic rings. The lowest BCUT2D eigenvalue weighted by molar-refractivity contribution is -0.145. The van der Waals surface area contributed by atoms with Crippen molar-refractivity contribution in [1.29, 1.82) is 0 Å². The number of hydrogen-bond donors (Lipinski definition) is 4. The van der Waals surface area contributed by atoms with Crippen LogP contribution in [-0.4, -0.2) is 39.7 Å². The van der Waals surface area contributed by atoms with Gasteiger partial charge in [-0.1, -0.05) is 42.5 Å². The second kappa shape index (κ2) is 7.72. The maximum Gasteiger partial charge on any atom is 0.304 e. The molecule has 150 valence electrons. The van der Waals surface area contributed by atoms with Gasteiger partial charge in [0.15, 0.2) is 0 Å². The molecule has 1 atom stereocenters. The largest absolute Gasteiger partial charge is 0.481 e. The molecule has 4 N–H and O–H groups in total. The van der Waals surface area contributed by atoms with E-state index in [1.807, 2.05) is 54.7 Å². The van der Waals surface area contributed by atoms with E-state index in [4.69, 9.17) is 0 Å². The third-order valence-corrected chi connectivity index (χ3v) is 5.84. The number of aromatic nitrogens is 1. The number of rotatable bonds is 7. The van der Waals surface area contributed by atoms with Crippen LogP contribution in [0.25, 0.3) is 10.9 Å². The summed E-state index contributed by atoms with van der Waals surface area (Å²) >= 11 is 0. The lowest BCUT2D eigenvalue weighted by Crippen LogP contribution is -2.49. The number of aliphatic carboxylic acids is 1. The SMILES string of the molecule is O=C(O)CC1(C(=O)NC(CO)Cc2c[nH]c3ccccc23)Cc2ccccc2C1. The number of nitrogens with one attached hydrogen (secondary N) is 2. The number of benzene rings is 2. The van der Waals surface area contributed by atoms with Gasteiger partial charge in [-0.2, -0.15) is 0 Å². The van der Waals surface area contributed by atoms with E-state index < -0.39 is 17.4 Å². The Hall–Kier alpha value is -3.12. The first-order chi connectivity index (χ1) is 14.0. The maximum atomic E-state index is 13.2. The van der Waals surface area contributed by atoms with Crippen molar-refractivity contribution in [2.45, 2.75) is 31.7 Å². The van der Waals surface area contributed by atoms with Gasteiger partial charge in [0.1, 0.15) is 0 Å². The number of aliphatic hydroxyl groups is 1. The van der Waals surface area contributed by atoms with Crippen molar-refractivity contribution >= 4 is 22.8 Å². The fourth-order valence-electron chi connectivity index (χ4n) is 4.42. The quantitative estimate of drug-likeness (QED) is 0.496. The van der Waals surface area contributed by atoms with E-state index in [0.29, 0.717) is 19.3 Å². The van der Waals surface area contributed by atoms with E-state index in [2.05, 4.69) is 10.3 Å². The van der Waals surface area contributed by atoms with Crippen molar-refractivity contribution < 1.29 is 19.8 Å². The Kier molecular flexibility index (Phi) is 5.11. The Morgan fingerprint density at radius 1 is 1.07 bits per heavy atom. The van der Waals surface area contributed by atoms with Gasteiger partial charge in [0, 0.05) is 17.1 Å². The highest BCUT2D eigenvalue weighted by atomic mass is 16.4. The van der Waals surface area contributed by atoms with Crippen LogP contribution in [0.2, 0.25) is 0 Å². The molecule has 0 bridgehead atoms. The highest BCUT2D eigenvalue weighted by Gasteiger charge is 2.45. The van der Waals surface area contributed by atoms with Crippen LogP contribution >= 0.6 is 0 Å². The molecule has 0 saturated heterocycles. The van der Waals surface area contributed by atoms with Gasteiger partial charge in [-0.15, -0.1) is 0 Å². The van der Waals surface area contributed by atoms with Crippen LogP contribution in [0.1, 0.15) is 23.1 Å². The fourth-order valence-corrected chi connectivity index (χ4v) is 4.42. The van der Waals surface area contributed by atoms with E-state index in [0.717, 1.165) is 27.6 Å². The third-order valence-electron chi connectivity index (χ3n) is 5.84. The Labute approximate surface area is 168 Å². The van der Waals surface area contributed by atoms with Crippen molar-refractivity contribution in [1.82, 2.24) is 10.3 Å². The summed E-state index contributed by atoms with van der Waals surface area (Å²) in [6, 6.07) is 15.1. The summed E-state index contributed by atoms with van der Waals surface area (Å²) in [5.74, 6) is -1.31. The van der Waals surface area contributed by atoms with Crippen LogP contribution in [0.15, 0.2) is 54.7 Å². The van der Waals surface area contributed by atoms with Gasteiger partial charge in [0.2, 0.25) is 5.91 Å². The number of fused-ring (bicyclic) bond motifs is 2. The summed E-state index contributed by atoms with van der Waals surface area (Å²) in [7, 11) is 0. The summed E-state index contributed by atoms with van der Waals surface area (Å²) in [4.78, 5) is 28.0. The molecule has 0 saturated carbocycles. The number of amides is 1. The van der Waals surface area contributed by atoms with E-state index >= 15 is 0 Å². The number of H-pyrrole nitrogens is 1. The Morgan fingerprint density at radius 3 is 2.38 bits per heavy atom. The van der Waals surface area contributed by atoms with E-state index in [1.165, 1.54) is 0 Å². The van der Waals surface area contributed by atoms with Gasteiger partial charge in [0.25, 0.3) is 0 Å². The normalized spacial score (nSPS) is 15.8. The minimum absolute atomic E-state index is 0.221. The zero-order chi connectivity index (χ0) is 20.4. The molecular formula is C23H24N2O4. The van der Waals surface area contributed by atoms with Crippen LogP contribution in [0.3, 0.4) is 0 Å². The molecule has 1 unspecified atom stereocenters. The Bertz CT molecular complexity index is 1030.